The highest BCUT2D eigenvalue weighted by Gasteiger charge is 2.18. The van der Waals surface area contributed by atoms with Crippen molar-refractivity contribution in [1.82, 2.24) is 5.32 Å². The molecule has 0 spiro atoms. The fourth-order valence-corrected chi connectivity index (χ4v) is 1.40. The topological polar surface area (TPSA) is 78.9 Å². The summed E-state index contributed by atoms with van der Waals surface area (Å²) in [5.74, 6) is -1.31. The number of hydrogen-bond acceptors (Lipinski definition) is 4. The largest absolute Gasteiger partial charge is 0.394 e. The van der Waals surface area contributed by atoms with Crippen LogP contribution in [0.5, 0.6) is 0 Å². The average molecular weight is 266 g/mol. The first-order valence-electron chi connectivity index (χ1n) is 5.96. The summed E-state index contributed by atoms with van der Waals surface area (Å²) in [4.78, 5) is 24.7. The summed E-state index contributed by atoms with van der Waals surface area (Å²) in [6.45, 7) is 0.638. The normalized spacial score (nSPS) is 10.0. The lowest BCUT2D eigenvalue weighted by Gasteiger charge is -2.16. The van der Waals surface area contributed by atoms with Crippen LogP contribution in [-0.2, 0) is 14.3 Å². The molecular formula is C13H18N2O4. The summed E-state index contributed by atoms with van der Waals surface area (Å²) in [7, 11) is 1.54. The Kier molecular flexibility index (Phi) is 6.56. The van der Waals surface area contributed by atoms with Crippen LogP contribution in [0.15, 0.2) is 30.3 Å². The van der Waals surface area contributed by atoms with E-state index >= 15 is 0 Å². The van der Waals surface area contributed by atoms with Gasteiger partial charge in [-0.2, -0.15) is 0 Å². The van der Waals surface area contributed by atoms with Gasteiger partial charge >= 0.3 is 11.8 Å². The summed E-state index contributed by atoms with van der Waals surface area (Å²) in [6, 6.07) is 8.91. The van der Waals surface area contributed by atoms with Crippen LogP contribution in [0.4, 0.5) is 5.69 Å². The molecule has 1 rings (SSSR count). The van der Waals surface area contributed by atoms with Crippen LogP contribution in [-0.4, -0.2) is 50.3 Å². The van der Waals surface area contributed by atoms with Gasteiger partial charge in [0.1, 0.15) is 0 Å². The zero-order valence-electron chi connectivity index (χ0n) is 10.8. The van der Waals surface area contributed by atoms with Gasteiger partial charge in [-0.15, -0.1) is 0 Å². The van der Waals surface area contributed by atoms with Crippen molar-refractivity contribution in [3.05, 3.63) is 30.3 Å². The van der Waals surface area contributed by atoms with Crippen LogP contribution in [0, 0.1) is 0 Å². The molecule has 6 heteroatoms. The van der Waals surface area contributed by atoms with Crippen LogP contribution in [0.1, 0.15) is 0 Å². The van der Waals surface area contributed by atoms with Crippen molar-refractivity contribution in [2.24, 2.45) is 0 Å². The van der Waals surface area contributed by atoms with Gasteiger partial charge in [0.15, 0.2) is 0 Å². The van der Waals surface area contributed by atoms with E-state index in [-0.39, 0.29) is 26.4 Å². The lowest BCUT2D eigenvalue weighted by atomic mass is 10.3. The van der Waals surface area contributed by atoms with Gasteiger partial charge in [-0.3, -0.25) is 9.59 Å². The lowest BCUT2D eigenvalue weighted by Crippen LogP contribution is -2.42. The Balaban J connectivity index is 2.38. The minimum atomic E-state index is -0.682. The molecule has 0 heterocycles. The van der Waals surface area contributed by atoms with Gasteiger partial charge in [0.05, 0.1) is 19.8 Å². The Morgan fingerprint density at radius 3 is 2.58 bits per heavy atom. The number of para-hydroxylation sites is 1. The Bertz CT molecular complexity index is 408. The minimum absolute atomic E-state index is 0.0659. The van der Waals surface area contributed by atoms with Crippen molar-refractivity contribution in [2.45, 2.75) is 0 Å². The SMILES string of the molecule is CN(C(=O)C(=O)NCCOCCO)c1ccccc1. The molecule has 6 nitrogen and oxygen atoms in total. The first-order chi connectivity index (χ1) is 9.16. The zero-order valence-corrected chi connectivity index (χ0v) is 10.8. The highest BCUT2D eigenvalue weighted by Crippen LogP contribution is 2.10. The smallest absolute Gasteiger partial charge is 0.316 e. The van der Waals surface area contributed by atoms with E-state index in [1.807, 2.05) is 6.07 Å². The Morgan fingerprint density at radius 1 is 1.26 bits per heavy atom. The maximum atomic E-state index is 11.8. The van der Waals surface area contributed by atoms with Crippen LogP contribution >= 0.6 is 0 Å². The third-order valence-electron chi connectivity index (χ3n) is 2.41. The van der Waals surface area contributed by atoms with Crippen LogP contribution < -0.4 is 10.2 Å². The number of benzene rings is 1. The minimum Gasteiger partial charge on any atom is -0.394 e. The molecule has 1 aromatic carbocycles. The fourth-order valence-electron chi connectivity index (χ4n) is 1.40. The molecule has 0 fully saturated rings. The Morgan fingerprint density at radius 2 is 1.95 bits per heavy atom. The van der Waals surface area contributed by atoms with Crippen molar-refractivity contribution in [3.8, 4) is 0 Å². The van der Waals surface area contributed by atoms with Gasteiger partial charge < -0.3 is 20.1 Å². The number of amides is 2. The molecule has 0 aliphatic carbocycles. The predicted molar refractivity (Wildman–Crippen MR) is 70.8 cm³/mol. The molecule has 0 aliphatic rings. The van der Waals surface area contributed by atoms with Gasteiger partial charge in [-0.05, 0) is 12.1 Å². The van der Waals surface area contributed by atoms with Gasteiger partial charge in [0, 0.05) is 19.3 Å². The third kappa shape index (κ3) is 5.07. The maximum Gasteiger partial charge on any atom is 0.316 e. The highest BCUT2D eigenvalue weighted by molar-refractivity contribution is 6.40. The van der Waals surface area contributed by atoms with Crippen molar-refractivity contribution in [2.75, 3.05) is 38.3 Å². The van der Waals surface area contributed by atoms with Crippen molar-refractivity contribution in [3.63, 3.8) is 0 Å². The predicted octanol–water partition coefficient (Wildman–Crippen LogP) is -0.225. The zero-order chi connectivity index (χ0) is 14.1. The number of carbonyl (C=O) groups excluding carboxylic acids is 2. The highest BCUT2D eigenvalue weighted by atomic mass is 16.5. The van der Waals surface area contributed by atoms with E-state index in [1.54, 1.807) is 31.3 Å². The second-order valence-electron chi connectivity index (χ2n) is 3.79. The average Bonchev–Trinajstić information content (AvgIpc) is 2.46. The first-order valence-corrected chi connectivity index (χ1v) is 5.96. The number of likely N-dealkylation sites (N-methyl/N-ethyl adjacent to an activating group) is 1. The van der Waals surface area contributed by atoms with E-state index in [4.69, 9.17) is 9.84 Å². The number of hydrogen-bond donors (Lipinski definition) is 2. The van der Waals surface area contributed by atoms with Crippen LogP contribution in [0.2, 0.25) is 0 Å². The third-order valence-corrected chi connectivity index (χ3v) is 2.41. The van der Waals surface area contributed by atoms with Gasteiger partial charge in [-0.1, -0.05) is 18.2 Å². The monoisotopic (exact) mass is 266 g/mol. The number of nitrogens with zero attached hydrogens (tertiary/aromatic N) is 1. The second-order valence-corrected chi connectivity index (χ2v) is 3.79. The molecule has 0 atom stereocenters. The van der Waals surface area contributed by atoms with E-state index in [9.17, 15) is 9.59 Å². The van der Waals surface area contributed by atoms with Crippen molar-refractivity contribution >= 4 is 17.5 Å². The van der Waals surface area contributed by atoms with Crippen molar-refractivity contribution in [1.29, 1.82) is 0 Å². The van der Waals surface area contributed by atoms with Crippen LogP contribution in [0.3, 0.4) is 0 Å². The van der Waals surface area contributed by atoms with Crippen molar-refractivity contribution < 1.29 is 19.4 Å². The summed E-state index contributed by atoms with van der Waals surface area (Å²) in [5.41, 5.74) is 0.652. The molecule has 0 unspecified atom stereocenters. The molecular weight excluding hydrogens is 248 g/mol. The van der Waals surface area contributed by atoms with Gasteiger partial charge in [0.25, 0.3) is 0 Å². The maximum absolute atomic E-state index is 11.8. The summed E-state index contributed by atoms with van der Waals surface area (Å²) < 4.78 is 4.97. The fraction of sp³-hybridized carbons (Fsp3) is 0.385. The summed E-state index contributed by atoms with van der Waals surface area (Å²) >= 11 is 0. The van der Waals surface area contributed by atoms with E-state index in [2.05, 4.69) is 5.32 Å². The quantitative estimate of drug-likeness (QED) is 0.551. The molecule has 0 aliphatic heterocycles. The number of anilines is 1. The summed E-state index contributed by atoms with van der Waals surface area (Å²) in [6.07, 6.45) is 0. The molecule has 0 saturated carbocycles. The van der Waals surface area contributed by atoms with E-state index < -0.39 is 11.8 Å². The Hall–Kier alpha value is -1.92. The summed E-state index contributed by atoms with van der Waals surface area (Å²) in [5, 5.41) is 10.9. The van der Waals surface area contributed by atoms with Gasteiger partial charge in [-0.25, -0.2) is 0 Å². The molecule has 1 aromatic rings. The number of ether oxygens (including phenoxy) is 1. The Labute approximate surface area is 112 Å². The van der Waals surface area contributed by atoms with E-state index in [0.29, 0.717) is 5.69 Å². The number of nitrogens with one attached hydrogen (secondary N) is 1. The molecule has 0 aromatic heterocycles. The lowest BCUT2D eigenvalue weighted by molar-refractivity contribution is -0.137. The molecule has 2 N–H and O–H groups in total. The number of rotatable bonds is 6. The molecule has 0 saturated heterocycles. The van der Waals surface area contributed by atoms with Gasteiger partial charge in [0.2, 0.25) is 0 Å². The molecule has 104 valence electrons. The second kappa shape index (κ2) is 8.23. The number of aliphatic hydroxyl groups is 1. The molecule has 2 amide bonds. The van der Waals surface area contributed by atoms with E-state index in [0.717, 1.165) is 0 Å². The molecule has 0 bridgehead atoms. The standard InChI is InChI=1S/C13H18N2O4/c1-15(11-5-3-2-4-6-11)13(18)12(17)14-7-9-19-10-8-16/h2-6,16H,7-10H2,1H3,(H,14,17). The molecule has 0 radical (unpaired) electrons. The number of aliphatic hydroxyl groups excluding tert-OH is 1. The number of carbonyl (C=O) groups is 2. The van der Waals surface area contributed by atoms with E-state index in [1.165, 1.54) is 4.90 Å². The first kappa shape index (κ1) is 15.1. The van der Waals surface area contributed by atoms with Crippen LogP contribution in [0.25, 0.3) is 0 Å². The molecule has 19 heavy (non-hydrogen) atoms.